The first kappa shape index (κ1) is 20.4. The molecule has 0 saturated heterocycles. The second-order valence-electron chi connectivity index (χ2n) is 3.95. The third kappa shape index (κ3) is 19.6. The molecule has 96 valence electrons. The molecule has 0 unspecified atom stereocenters. The molecule has 0 aliphatic carbocycles. The Labute approximate surface area is 139 Å². The van der Waals surface area contributed by atoms with Crippen LogP contribution in [0, 0.1) is 0 Å². The Morgan fingerprint density at radius 1 is 1.06 bits per heavy atom. The van der Waals surface area contributed by atoms with Crippen molar-refractivity contribution in [3.63, 3.8) is 0 Å². The monoisotopic (exact) mass is 285 g/mol. The first-order valence-corrected chi connectivity index (χ1v) is 7.11. The van der Waals surface area contributed by atoms with Gasteiger partial charge in [-0.05, 0) is 6.42 Å². The number of rotatable bonds is 11. The van der Waals surface area contributed by atoms with E-state index in [0.29, 0.717) is 10.9 Å². The molecule has 0 spiro atoms. The first-order chi connectivity index (χ1) is 7.77. The third-order valence-electron chi connectivity index (χ3n) is 2.41. The maximum absolute atomic E-state index is 5.44. The summed E-state index contributed by atoms with van der Waals surface area (Å²) in [5.74, 6) is 0. The molecule has 17 heavy (non-hydrogen) atoms. The number of thiocarbonyl (C=S) groups is 1. The predicted molar refractivity (Wildman–Crippen MR) is 76.8 cm³/mol. The molecule has 0 amide bonds. The summed E-state index contributed by atoms with van der Waals surface area (Å²) < 4.78 is 5.87. The van der Waals surface area contributed by atoms with Crippen molar-refractivity contribution >= 4 is 29.2 Å². The molecule has 5 heteroatoms. The van der Waals surface area contributed by atoms with Crippen molar-refractivity contribution in [2.75, 3.05) is 19.8 Å². The topological polar surface area (TPSA) is 21.3 Å². The molecule has 0 bridgehead atoms. The molecule has 0 aromatic heterocycles. The summed E-state index contributed by atoms with van der Waals surface area (Å²) in [6, 6.07) is 0. The number of nitrogens with one attached hydrogen (secondary N) is 1. The maximum atomic E-state index is 5.44. The largest absolute Gasteiger partial charge is 1.00 e. The molecule has 2 nitrogen and oxygen atoms in total. The van der Waals surface area contributed by atoms with Gasteiger partial charge in [0.05, 0.1) is 6.61 Å². The molecule has 0 radical (unpaired) electrons. The van der Waals surface area contributed by atoms with E-state index in [4.69, 9.17) is 29.6 Å². The smallest absolute Gasteiger partial charge is 0.412 e. The van der Waals surface area contributed by atoms with Crippen LogP contribution in [-0.2, 0) is 17.4 Å². The normalized spacial score (nSPS) is 9.71. The van der Waals surface area contributed by atoms with E-state index < -0.39 is 0 Å². The SMILES string of the molecule is CCCCCCCCCOCCNC(=S)[S-].[Na+]. The van der Waals surface area contributed by atoms with E-state index in [1.807, 2.05) is 0 Å². The Hall–Kier alpha value is 1.07. The van der Waals surface area contributed by atoms with Gasteiger partial charge in [0.1, 0.15) is 0 Å². The number of unbranched alkanes of at least 4 members (excludes halogenated alkanes) is 6. The van der Waals surface area contributed by atoms with Gasteiger partial charge in [0.2, 0.25) is 0 Å². The van der Waals surface area contributed by atoms with Crippen molar-refractivity contribution in [3.05, 3.63) is 0 Å². The summed E-state index contributed by atoms with van der Waals surface area (Å²) in [6.45, 7) is 4.54. The van der Waals surface area contributed by atoms with E-state index in [0.717, 1.165) is 13.2 Å². The average molecular weight is 285 g/mol. The van der Waals surface area contributed by atoms with Crippen LogP contribution in [0.3, 0.4) is 0 Å². The summed E-state index contributed by atoms with van der Waals surface area (Å²) in [6.07, 6.45) is 9.26. The molecule has 0 atom stereocenters. The fourth-order valence-electron chi connectivity index (χ4n) is 1.49. The number of hydrogen-bond acceptors (Lipinski definition) is 3. The van der Waals surface area contributed by atoms with Gasteiger partial charge in [0.25, 0.3) is 0 Å². The molecule has 0 aliphatic rings. The average Bonchev–Trinajstić information content (AvgIpc) is 2.25. The maximum Gasteiger partial charge on any atom is 1.00 e. The van der Waals surface area contributed by atoms with E-state index in [9.17, 15) is 0 Å². The quantitative estimate of drug-likeness (QED) is 0.253. The summed E-state index contributed by atoms with van der Waals surface area (Å²) in [7, 11) is 0. The Bertz CT molecular complexity index is 171. The minimum Gasteiger partial charge on any atom is -0.412 e. The van der Waals surface area contributed by atoms with Gasteiger partial charge in [0.15, 0.2) is 0 Å². The van der Waals surface area contributed by atoms with Gasteiger partial charge < -0.3 is 34.9 Å². The second-order valence-corrected chi connectivity index (χ2v) is 5.02. The van der Waals surface area contributed by atoms with E-state index in [2.05, 4.69) is 12.2 Å². The fourth-order valence-corrected chi connectivity index (χ4v) is 1.69. The van der Waals surface area contributed by atoms with Crippen molar-refractivity contribution in [3.8, 4) is 0 Å². The zero-order valence-electron chi connectivity index (χ0n) is 11.3. The Morgan fingerprint density at radius 2 is 1.65 bits per heavy atom. The van der Waals surface area contributed by atoms with Crippen LogP contribution in [0.1, 0.15) is 51.9 Å². The van der Waals surface area contributed by atoms with Gasteiger partial charge in [0, 0.05) is 13.2 Å². The van der Waals surface area contributed by atoms with Gasteiger partial charge in [-0.25, -0.2) is 0 Å². The third-order valence-corrected chi connectivity index (χ3v) is 2.70. The van der Waals surface area contributed by atoms with Gasteiger partial charge in [-0.2, -0.15) is 0 Å². The van der Waals surface area contributed by atoms with E-state index in [-0.39, 0.29) is 29.6 Å². The summed E-state index contributed by atoms with van der Waals surface area (Å²) in [5.41, 5.74) is 0. The molecular weight excluding hydrogens is 261 g/mol. The fraction of sp³-hybridized carbons (Fsp3) is 0.917. The van der Waals surface area contributed by atoms with Crippen LogP contribution in [0.5, 0.6) is 0 Å². The number of hydrogen-bond donors (Lipinski definition) is 1. The van der Waals surface area contributed by atoms with Gasteiger partial charge in [-0.3, -0.25) is 0 Å². The van der Waals surface area contributed by atoms with E-state index in [1.165, 1.54) is 44.9 Å². The van der Waals surface area contributed by atoms with Crippen LogP contribution < -0.4 is 34.9 Å². The Kier molecular flexibility index (Phi) is 20.5. The molecular formula is C12H24NNaOS2. The minimum absolute atomic E-state index is 0. The molecule has 1 N–H and O–H groups in total. The van der Waals surface area contributed by atoms with Crippen LogP contribution in [-0.4, -0.2) is 24.1 Å². The van der Waals surface area contributed by atoms with Crippen molar-refractivity contribution in [2.24, 2.45) is 0 Å². The minimum atomic E-state index is 0. The van der Waals surface area contributed by atoms with Gasteiger partial charge >= 0.3 is 29.6 Å². The van der Waals surface area contributed by atoms with Crippen LogP contribution >= 0.6 is 12.2 Å². The van der Waals surface area contributed by atoms with E-state index in [1.54, 1.807) is 0 Å². The van der Waals surface area contributed by atoms with Crippen LogP contribution in [0.15, 0.2) is 0 Å². The molecule has 0 aromatic rings. The van der Waals surface area contributed by atoms with E-state index >= 15 is 0 Å². The van der Waals surface area contributed by atoms with Crippen molar-refractivity contribution in [2.45, 2.75) is 51.9 Å². The van der Waals surface area contributed by atoms with Gasteiger partial charge in [-0.1, -0.05) is 49.8 Å². The van der Waals surface area contributed by atoms with Gasteiger partial charge in [-0.15, -0.1) is 0 Å². The number of ether oxygens (including phenoxy) is 1. The predicted octanol–water partition coefficient (Wildman–Crippen LogP) is 0.179. The van der Waals surface area contributed by atoms with Crippen molar-refractivity contribution in [1.29, 1.82) is 0 Å². The van der Waals surface area contributed by atoms with Crippen LogP contribution in [0.2, 0.25) is 0 Å². The second kappa shape index (κ2) is 17.1. The molecule has 0 aliphatic heterocycles. The van der Waals surface area contributed by atoms with Crippen molar-refractivity contribution in [1.82, 2.24) is 5.32 Å². The molecule has 0 fully saturated rings. The molecule has 0 heterocycles. The van der Waals surface area contributed by atoms with Crippen molar-refractivity contribution < 1.29 is 34.3 Å². The Morgan fingerprint density at radius 3 is 2.24 bits per heavy atom. The summed E-state index contributed by atoms with van der Waals surface area (Å²) in [4.78, 5) is 0. The Balaban J connectivity index is 0. The molecule has 0 aromatic carbocycles. The standard InChI is InChI=1S/C12H25NOS2.Na/c1-2-3-4-5-6-7-8-10-14-11-9-13-12(15)16;/h2-11H2,1H3,(H2,13,15,16);/q;+1/p-1. The molecule has 0 saturated carbocycles. The van der Waals surface area contributed by atoms with Crippen LogP contribution in [0.25, 0.3) is 0 Å². The molecule has 0 rings (SSSR count). The first-order valence-electron chi connectivity index (χ1n) is 6.30. The summed E-state index contributed by atoms with van der Waals surface area (Å²) >= 11 is 9.43. The zero-order valence-corrected chi connectivity index (χ0v) is 14.9. The van der Waals surface area contributed by atoms with Crippen LogP contribution in [0.4, 0.5) is 0 Å². The summed E-state index contributed by atoms with van der Waals surface area (Å²) in [5, 5.41) is 2.89. The zero-order chi connectivity index (χ0) is 12.1.